The minimum atomic E-state index is -0.492. The van der Waals surface area contributed by atoms with E-state index >= 15 is 0 Å². The first-order chi connectivity index (χ1) is 12.8. The zero-order chi connectivity index (χ0) is 19.7. The van der Waals surface area contributed by atoms with Gasteiger partial charge in [0.2, 0.25) is 0 Å². The molecule has 3 aromatic rings. The fraction of sp³-hybridized carbons (Fsp3) is 0.158. The number of hydrogen-bond donors (Lipinski definition) is 1. The third kappa shape index (κ3) is 3.61. The van der Waals surface area contributed by atoms with E-state index < -0.39 is 10.8 Å². The van der Waals surface area contributed by atoms with Crippen LogP contribution in [0.15, 0.2) is 46.9 Å². The third-order valence-electron chi connectivity index (χ3n) is 4.33. The van der Waals surface area contributed by atoms with Crippen molar-refractivity contribution >= 4 is 33.3 Å². The van der Waals surface area contributed by atoms with Crippen molar-refractivity contribution in [3.63, 3.8) is 0 Å². The highest BCUT2D eigenvalue weighted by Crippen LogP contribution is 2.32. The molecule has 0 saturated heterocycles. The molecule has 0 aliphatic rings. The molecule has 0 aliphatic carbocycles. The highest BCUT2D eigenvalue weighted by molar-refractivity contribution is 9.10. The molecular formula is C19H17BrN4O3. The normalized spacial score (nSPS) is 10.7. The summed E-state index contributed by atoms with van der Waals surface area (Å²) in [5.41, 5.74) is 2.98. The van der Waals surface area contributed by atoms with Gasteiger partial charge in [0, 0.05) is 34.3 Å². The number of anilines is 1. The summed E-state index contributed by atoms with van der Waals surface area (Å²) in [4.78, 5) is 23.5. The molecule has 27 heavy (non-hydrogen) atoms. The van der Waals surface area contributed by atoms with E-state index in [1.807, 2.05) is 31.2 Å². The number of halogens is 1. The number of aromatic nitrogens is 2. The van der Waals surface area contributed by atoms with E-state index in [1.54, 1.807) is 24.7 Å². The third-order valence-corrected chi connectivity index (χ3v) is 4.86. The van der Waals surface area contributed by atoms with Crippen molar-refractivity contribution in [2.75, 3.05) is 5.32 Å². The van der Waals surface area contributed by atoms with Crippen LogP contribution in [0.3, 0.4) is 0 Å². The molecule has 0 saturated carbocycles. The minimum Gasteiger partial charge on any atom is -0.306 e. The highest BCUT2D eigenvalue weighted by atomic mass is 79.9. The van der Waals surface area contributed by atoms with Gasteiger partial charge in [-0.1, -0.05) is 34.1 Å². The maximum atomic E-state index is 12.8. The Balaban J connectivity index is 2.02. The molecule has 0 aliphatic heterocycles. The lowest BCUT2D eigenvalue weighted by atomic mass is 10.0. The van der Waals surface area contributed by atoms with Gasteiger partial charge in [-0.15, -0.1) is 0 Å². The van der Waals surface area contributed by atoms with Crippen molar-refractivity contribution < 1.29 is 9.72 Å². The molecule has 7 nitrogen and oxygen atoms in total. The number of nitrogens with one attached hydrogen (secondary N) is 1. The van der Waals surface area contributed by atoms with Gasteiger partial charge in [-0.3, -0.25) is 19.6 Å². The lowest BCUT2D eigenvalue weighted by Crippen LogP contribution is -2.17. The monoisotopic (exact) mass is 428 g/mol. The second-order valence-corrected chi connectivity index (χ2v) is 7.02. The molecule has 1 N–H and O–H groups in total. The van der Waals surface area contributed by atoms with E-state index in [9.17, 15) is 14.9 Å². The number of benzene rings is 2. The van der Waals surface area contributed by atoms with E-state index in [4.69, 9.17) is 0 Å². The van der Waals surface area contributed by atoms with Crippen LogP contribution >= 0.6 is 15.9 Å². The largest absolute Gasteiger partial charge is 0.306 e. The summed E-state index contributed by atoms with van der Waals surface area (Å²) in [5.74, 6) is 0.114. The summed E-state index contributed by atoms with van der Waals surface area (Å²) in [6.07, 6.45) is 0. The number of nitro benzene ring substituents is 1. The van der Waals surface area contributed by atoms with Gasteiger partial charge in [-0.2, -0.15) is 5.10 Å². The highest BCUT2D eigenvalue weighted by Gasteiger charge is 2.22. The fourth-order valence-corrected chi connectivity index (χ4v) is 3.27. The minimum absolute atomic E-state index is 0.0861. The molecule has 0 fully saturated rings. The molecule has 1 aromatic heterocycles. The second kappa shape index (κ2) is 7.32. The number of aryl methyl sites for hydroxylation is 2. The van der Waals surface area contributed by atoms with Gasteiger partial charge in [0.1, 0.15) is 5.82 Å². The van der Waals surface area contributed by atoms with Crippen LogP contribution in [0.1, 0.15) is 21.6 Å². The van der Waals surface area contributed by atoms with Gasteiger partial charge in [0.25, 0.3) is 11.6 Å². The Morgan fingerprint density at radius 2 is 1.85 bits per heavy atom. The van der Waals surface area contributed by atoms with Crippen molar-refractivity contribution in [2.24, 2.45) is 7.05 Å². The maximum absolute atomic E-state index is 12.8. The molecule has 0 radical (unpaired) electrons. The molecule has 0 unspecified atom stereocenters. The first-order valence-corrected chi connectivity index (χ1v) is 8.93. The predicted molar refractivity (Wildman–Crippen MR) is 107 cm³/mol. The number of amides is 1. The first kappa shape index (κ1) is 18.8. The van der Waals surface area contributed by atoms with Crippen molar-refractivity contribution in [2.45, 2.75) is 13.8 Å². The van der Waals surface area contributed by atoms with Gasteiger partial charge in [-0.05, 0) is 37.6 Å². The van der Waals surface area contributed by atoms with Crippen LogP contribution in [-0.2, 0) is 7.05 Å². The summed E-state index contributed by atoms with van der Waals surface area (Å²) in [6.45, 7) is 3.43. The summed E-state index contributed by atoms with van der Waals surface area (Å²) >= 11 is 3.41. The van der Waals surface area contributed by atoms with Crippen LogP contribution in [0, 0.1) is 24.0 Å². The lowest BCUT2D eigenvalue weighted by Gasteiger charge is -2.11. The Hall–Kier alpha value is -3.00. The Morgan fingerprint density at radius 1 is 1.19 bits per heavy atom. The lowest BCUT2D eigenvalue weighted by molar-refractivity contribution is -0.385. The van der Waals surface area contributed by atoms with E-state index in [0.29, 0.717) is 11.4 Å². The number of nitro groups is 1. The smallest absolute Gasteiger partial charge is 0.273 e. The molecule has 138 valence electrons. The molecule has 0 atom stereocenters. The van der Waals surface area contributed by atoms with Crippen LogP contribution in [-0.4, -0.2) is 20.6 Å². The van der Waals surface area contributed by atoms with Crippen molar-refractivity contribution in [3.05, 3.63) is 73.9 Å². The van der Waals surface area contributed by atoms with Crippen LogP contribution in [0.4, 0.5) is 11.5 Å². The average molecular weight is 429 g/mol. The average Bonchev–Trinajstić information content (AvgIpc) is 2.89. The Kier molecular flexibility index (Phi) is 5.09. The number of nitrogens with zero attached hydrogens (tertiary/aromatic N) is 3. The Morgan fingerprint density at radius 3 is 2.48 bits per heavy atom. The first-order valence-electron chi connectivity index (χ1n) is 8.14. The zero-order valence-electron chi connectivity index (χ0n) is 15.0. The van der Waals surface area contributed by atoms with Crippen LogP contribution in [0.2, 0.25) is 0 Å². The standard InChI is InChI=1S/C19H17BrN4O3/c1-11-15(5-4-6-16(11)24(26)27)19(25)21-18-17(12(2)22-23(18)3)13-7-9-14(20)10-8-13/h4-10H,1-3H3,(H,21,25). The molecule has 3 rings (SSSR count). The van der Waals surface area contributed by atoms with Crippen LogP contribution in [0.25, 0.3) is 11.1 Å². The van der Waals surface area contributed by atoms with E-state index in [-0.39, 0.29) is 11.3 Å². The van der Waals surface area contributed by atoms with E-state index in [2.05, 4.69) is 26.3 Å². The van der Waals surface area contributed by atoms with Gasteiger partial charge >= 0.3 is 0 Å². The number of carbonyl (C=O) groups is 1. The van der Waals surface area contributed by atoms with Gasteiger partial charge in [-0.25, -0.2) is 0 Å². The molecule has 1 amide bonds. The Bertz CT molecular complexity index is 1040. The number of rotatable bonds is 4. The summed E-state index contributed by atoms with van der Waals surface area (Å²) in [5, 5.41) is 18.4. The number of carbonyl (C=O) groups excluding carboxylic acids is 1. The zero-order valence-corrected chi connectivity index (χ0v) is 16.6. The maximum Gasteiger partial charge on any atom is 0.273 e. The molecule has 2 aromatic carbocycles. The van der Waals surface area contributed by atoms with Crippen LogP contribution in [0.5, 0.6) is 0 Å². The van der Waals surface area contributed by atoms with Gasteiger partial charge < -0.3 is 5.32 Å². The van der Waals surface area contributed by atoms with E-state index in [0.717, 1.165) is 21.3 Å². The molecule has 0 bridgehead atoms. The Labute approximate surface area is 164 Å². The second-order valence-electron chi connectivity index (χ2n) is 6.10. The summed E-state index contributed by atoms with van der Waals surface area (Å²) in [7, 11) is 1.74. The van der Waals surface area contributed by atoms with Gasteiger partial charge in [0.15, 0.2) is 0 Å². The summed E-state index contributed by atoms with van der Waals surface area (Å²) < 4.78 is 2.54. The SMILES string of the molecule is Cc1nn(C)c(NC(=O)c2cccc([N+](=O)[O-])c2C)c1-c1ccc(Br)cc1. The van der Waals surface area contributed by atoms with E-state index in [1.165, 1.54) is 12.1 Å². The quantitative estimate of drug-likeness (QED) is 0.484. The molecule has 0 spiro atoms. The summed E-state index contributed by atoms with van der Waals surface area (Å²) in [6, 6.07) is 12.2. The number of hydrogen-bond acceptors (Lipinski definition) is 4. The van der Waals surface area contributed by atoms with Crippen molar-refractivity contribution in [3.8, 4) is 11.1 Å². The fourth-order valence-electron chi connectivity index (χ4n) is 3.01. The molecule has 8 heteroatoms. The predicted octanol–water partition coefficient (Wildman–Crippen LogP) is 4.63. The topological polar surface area (TPSA) is 90.1 Å². The van der Waals surface area contributed by atoms with Crippen molar-refractivity contribution in [1.82, 2.24) is 9.78 Å². The van der Waals surface area contributed by atoms with Crippen LogP contribution < -0.4 is 5.32 Å². The molecule has 1 heterocycles. The van der Waals surface area contributed by atoms with Gasteiger partial charge in [0.05, 0.1) is 10.6 Å². The van der Waals surface area contributed by atoms with Crippen molar-refractivity contribution in [1.29, 1.82) is 0 Å². The molecular weight excluding hydrogens is 412 g/mol.